The number of benzene rings is 2. The zero-order chi connectivity index (χ0) is 20.8. The summed E-state index contributed by atoms with van der Waals surface area (Å²) in [5.74, 6) is 1.64. The Labute approximate surface area is 175 Å². The van der Waals surface area contributed by atoms with Crippen LogP contribution in [0.4, 0.5) is 0 Å². The Hall–Kier alpha value is -3.38. The van der Waals surface area contributed by atoms with Crippen LogP contribution >= 0.6 is 0 Å². The molecule has 2 aromatic carbocycles. The first kappa shape index (κ1) is 19.9. The fourth-order valence-electron chi connectivity index (χ4n) is 3.53. The van der Waals surface area contributed by atoms with Crippen molar-refractivity contribution in [1.82, 2.24) is 19.5 Å². The van der Waals surface area contributed by atoms with Crippen LogP contribution in [-0.4, -0.2) is 20.7 Å². The van der Waals surface area contributed by atoms with Crippen LogP contribution in [-0.2, 0) is 6.54 Å². The maximum absolute atomic E-state index is 12.4. The molecule has 0 aliphatic rings. The standard InChI is InChI=1S/C24H26N4O2/c1-2-8-22(19-12-14-21(15-13-19)30-20-9-4-3-5-10-20)25-16-18-28-24(29)27-17-7-6-11-23(27)26-28/h3-7,9-15,17,22,25H,2,8,16,18H2,1H3. The lowest BCUT2D eigenvalue weighted by Crippen LogP contribution is -2.30. The van der Waals surface area contributed by atoms with Gasteiger partial charge >= 0.3 is 5.69 Å². The molecule has 0 fully saturated rings. The van der Waals surface area contributed by atoms with Crippen LogP contribution in [0.5, 0.6) is 11.5 Å². The summed E-state index contributed by atoms with van der Waals surface area (Å²) in [6.45, 7) is 3.36. The van der Waals surface area contributed by atoms with Crippen molar-refractivity contribution < 1.29 is 4.74 Å². The van der Waals surface area contributed by atoms with E-state index in [1.165, 1.54) is 10.2 Å². The second kappa shape index (κ2) is 9.41. The molecule has 2 aromatic heterocycles. The van der Waals surface area contributed by atoms with Gasteiger partial charge in [-0.1, -0.05) is 49.7 Å². The first-order valence-corrected chi connectivity index (χ1v) is 10.3. The van der Waals surface area contributed by atoms with Gasteiger partial charge in [-0.3, -0.25) is 4.40 Å². The van der Waals surface area contributed by atoms with Crippen LogP contribution in [0.15, 0.2) is 83.8 Å². The molecule has 4 rings (SSSR count). The van der Waals surface area contributed by atoms with E-state index >= 15 is 0 Å². The Bertz CT molecular complexity index is 1130. The number of aromatic nitrogens is 3. The number of rotatable bonds is 9. The predicted molar refractivity (Wildman–Crippen MR) is 118 cm³/mol. The topological polar surface area (TPSA) is 60.6 Å². The zero-order valence-electron chi connectivity index (χ0n) is 17.1. The smallest absolute Gasteiger partial charge is 0.350 e. The Morgan fingerprint density at radius 1 is 0.967 bits per heavy atom. The van der Waals surface area contributed by atoms with Crippen molar-refractivity contribution in [3.8, 4) is 11.5 Å². The number of hydrogen-bond acceptors (Lipinski definition) is 4. The van der Waals surface area contributed by atoms with E-state index < -0.39 is 0 Å². The lowest BCUT2D eigenvalue weighted by molar-refractivity contribution is 0.454. The Morgan fingerprint density at radius 3 is 2.43 bits per heavy atom. The second-order valence-corrected chi connectivity index (χ2v) is 7.21. The molecule has 0 saturated carbocycles. The van der Waals surface area contributed by atoms with Gasteiger partial charge in [-0.15, -0.1) is 5.10 Å². The Kier molecular flexibility index (Phi) is 6.25. The third-order valence-corrected chi connectivity index (χ3v) is 5.04. The minimum Gasteiger partial charge on any atom is -0.457 e. The lowest BCUT2D eigenvalue weighted by Gasteiger charge is -2.19. The number of nitrogens with one attached hydrogen (secondary N) is 1. The van der Waals surface area contributed by atoms with E-state index in [2.05, 4.69) is 29.5 Å². The van der Waals surface area contributed by atoms with Gasteiger partial charge in [0.2, 0.25) is 0 Å². The highest BCUT2D eigenvalue weighted by atomic mass is 16.5. The molecule has 0 aliphatic heterocycles. The van der Waals surface area contributed by atoms with Gasteiger partial charge in [0.15, 0.2) is 5.65 Å². The van der Waals surface area contributed by atoms with E-state index in [0.29, 0.717) is 18.7 Å². The maximum atomic E-state index is 12.4. The summed E-state index contributed by atoms with van der Waals surface area (Å²) in [6, 6.07) is 23.7. The van der Waals surface area contributed by atoms with Gasteiger partial charge in [-0.25, -0.2) is 9.48 Å². The molecule has 1 atom stereocenters. The fraction of sp³-hybridized carbons (Fsp3) is 0.250. The number of pyridine rings is 1. The summed E-state index contributed by atoms with van der Waals surface area (Å²) in [7, 11) is 0. The van der Waals surface area contributed by atoms with E-state index in [1.54, 1.807) is 10.6 Å². The SMILES string of the molecule is CCCC(NCCn1nc2ccccn2c1=O)c1ccc(Oc2ccccc2)cc1. The lowest BCUT2D eigenvalue weighted by atomic mass is 10.0. The number of hydrogen-bond donors (Lipinski definition) is 1. The molecule has 4 aromatic rings. The molecule has 1 unspecified atom stereocenters. The molecule has 0 saturated heterocycles. The highest BCUT2D eigenvalue weighted by Crippen LogP contribution is 2.25. The zero-order valence-corrected chi connectivity index (χ0v) is 17.1. The van der Waals surface area contributed by atoms with Gasteiger partial charge in [0.05, 0.1) is 6.54 Å². The number of para-hydroxylation sites is 1. The van der Waals surface area contributed by atoms with Crippen LogP contribution in [0.1, 0.15) is 31.4 Å². The van der Waals surface area contributed by atoms with Gasteiger partial charge in [0, 0.05) is 18.8 Å². The maximum Gasteiger partial charge on any atom is 0.350 e. The van der Waals surface area contributed by atoms with E-state index in [4.69, 9.17) is 4.74 Å². The van der Waals surface area contributed by atoms with Crippen LogP contribution < -0.4 is 15.7 Å². The molecule has 1 N–H and O–H groups in total. The van der Waals surface area contributed by atoms with Crippen molar-refractivity contribution in [3.05, 3.63) is 95.0 Å². The van der Waals surface area contributed by atoms with Crippen molar-refractivity contribution in [1.29, 1.82) is 0 Å². The quantitative estimate of drug-likeness (QED) is 0.450. The van der Waals surface area contributed by atoms with Gasteiger partial charge in [0.1, 0.15) is 11.5 Å². The highest BCUT2D eigenvalue weighted by Gasteiger charge is 2.12. The molecule has 2 heterocycles. The number of nitrogens with zero attached hydrogens (tertiary/aromatic N) is 3. The summed E-state index contributed by atoms with van der Waals surface area (Å²) < 4.78 is 8.97. The van der Waals surface area contributed by atoms with Gasteiger partial charge in [-0.2, -0.15) is 0 Å². The molecule has 154 valence electrons. The summed E-state index contributed by atoms with van der Waals surface area (Å²) in [4.78, 5) is 12.4. The third kappa shape index (κ3) is 4.60. The number of ether oxygens (including phenoxy) is 1. The molecule has 0 aliphatic carbocycles. The van der Waals surface area contributed by atoms with Crippen LogP contribution in [0.25, 0.3) is 5.65 Å². The summed E-state index contributed by atoms with van der Waals surface area (Å²) in [5, 5.41) is 7.97. The molecule has 0 bridgehead atoms. The average Bonchev–Trinajstić information content (AvgIpc) is 3.10. The summed E-state index contributed by atoms with van der Waals surface area (Å²) in [5.41, 5.74) is 1.77. The van der Waals surface area contributed by atoms with Gasteiger partial charge < -0.3 is 10.1 Å². The van der Waals surface area contributed by atoms with Crippen LogP contribution in [0.3, 0.4) is 0 Å². The largest absolute Gasteiger partial charge is 0.457 e. The first-order chi connectivity index (χ1) is 14.7. The molecule has 30 heavy (non-hydrogen) atoms. The van der Waals surface area contributed by atoms with Gasteiger partial charge in [-0.05, 0) is 48.4 Å². The highest BCUT2D eigenvalue weighted by molar-refractivity contribution is 5.35. The average molecular weight is 402 g/mol. The van der Waals surface area contributed by atoms with Crippen molar-refractivity contribution in [3.63, 3.8) is 0 Å². The van der Waals surface area contributed by atoms with Crippen molar-refractivity contribution in [2.24, 2.45) is 0 Å². The molecule has 6 heteroatoms. The first-order valence-electron chi connectivity index (χ1n) is 10.3. The molecule has 0 radical (unpaired) electrons. The number of fused-ring (bicyclic) bond motifs is 1. The van der Waals surface area contributed by atoms with Crippen molar-refractivity contribution >= 4 is 5.65 Å². The van der Waals surface area contributed by atoms with Gasteiger partial charge in [0.25, 0.3) is 0 Å². The van der Waals surface area contributed by atoms with Crippen LogP contribution in [0.2, 0.25) is 0 Å². The monoisotopic (exact) mass is 402 g/mol. The van der Waals surface area contributed by atoms with Crippen LogP contribution in [0, 0.1) is 0 Å². The van der Waals surface area contributed by atoms with E-state index in [-0.39, 0.29) is 11.7 Å². The Morgan fingerprint density at radius 2 is 1.70 bits per heavy atom. The molecule has 0 spiro atoms. The minimum absolute atomic E-state index is 0.109. The van der Waals surface area contributed by atoms with E-state index in [9.17, 15) is 4.79 Å². The normalized spacial score (nSPS) is 12.2. The predicted octanol–water partition coefficient (Wildman–Crippen LogP) is 4.42. The molecular formula is C24H26N4O2. The van der Waals surface area contributed by atoms with Crippen molar-refractivity contribution in [2.75, 3.05) is 6.54 Å². The Balaban J connectivity index is 1.39. The molecule has 0 amide bonds. The third-order valence-electron chi connectivity index (χ3n) is 5.04. The van der Waals surface area contributed by atoms with E-state index in [1.807, 2.05) is 60.7 Å². The fourth-order valence-corrected chi connectivity index (χ4v) is 3.53. The molecule has 6 nitrogen and oxygen atoms in total. The second-order valence-electron chi connectivity index (χ2n) is 7.21. The summed E-state index contributed by atoms with van der Waals surface area (Å²) >= 11 is 0. The van der Waals surface area contributed by atoms with Crippen molar-refractivity contribution in [2.45, 2.75) is 32.4 Å². The molecular weight excluding hydrogens is 376 g/mol. The summed E-state index contributed by atoms with van der Waals surface area (Å²) in [6.07, 6.45) is 3.82. The minimum atomic E-state index is -0.109. The van der Waals surface area contributed by atoms with E-state index in [0.717, 1.165) is 24.3 Å².